The molecule has 0 amide bonds. The molecule has 0 aliphatic heterocycles. The minimum absolute atomic E-state index is 0.0782. The second-order valence-corrected chi connectivity index (χ2v) is 7.73. The number of hydrogen-bond donors (Lipinski definition) is 3. The summed E-state index contributed by atoms with van der Waals surface area (Å²) >= 11 is 0. The van der Waals surface area contributed by atoms with Crippen LogP contribution in [0.15, 0.2) is 48.5 Å². The molecule has 6 nitrogen and oxygen atoms in total. The summed E-state index contributed by atoms with van der Waals surface area (Å²) in [5, 5.41) is 28.6. The maximum atomic E-state index is 10.7. The second kappa shape index (κ2) is 13.0. The van der Waals surface area contributed by atoms with Crippen LogP contribution in [-0.2, 0) is 17.9 Å². The second-order valence-electron chi connectivity index (χ2n) is 7.73. The molecule has 164 valence electrons. The number of nitrogens with zero attached hydrogens (tertiary/aromatic N) is 2. The van der Waals surface area contributed by atoms with E-state index < -0.39 is 5.97 Å². The molecule has 0 unspecified atom stereocenters. The number of carboxylic acids is 1. The SMILES string of the molecule is Cc1ccccc1CN(CCCCCC(=O)O)CCN(CO)Cc1ccccc1O. The van der Waals surface area contributed by atoms with Gasteiger partial charge in [-0.15, -0.1) is 0 Å². The highest BCUT2D eigenvalue weighted by atomic mass is 16.4. The molecule has 0 aromatic heterocycles. The smallest absolute Gasteiger partial charge is 0.303 e. The van der Waals surface area contributed by atoms with Gasteiger partial charge in [-0.3, -0.25) is 14.6 Å². The Bertz CT molecular complexity index is 781. The number of aliphatic carboxylic acids is 1. The number of aryl methyl sites for hydroxylation is 1. The summed E-state index contributed by atoms with van der Waals surface area (Å²) < 4.78 is 0. The fourth-order valence-electron chi connectivity index (χ4n) is 3.45. The van der Waals surface area contributed by atoms with Crippen LogP contribution in [0.5, 0.6) is 5.75 Å². The average molecular weight is 415 g/mol. The molecule has 0 spiro atoms. The lowest BCUT2D eigenvalue weighted by Crippen LogP contribution is -2.36. The molecule has 2 rings (SSSR count). The number of carboxylic acid groups (broad SMARTS) is 1. The van der Waals surface area contributed by atoms with Crippen molar-refractivity contribution in [2.24, 2.45) is 0 Å². The van der Waals surface area contributed by atoms with Crippen LogP contribution in [0.2, 0.25) is 0 Å². The number of phenolic OH excluding ortho intramolecular Hbond substituents is 1. The van der Waals surface area contributed by atoms with Crippen molar-refractivity contribution in [2.75, 3.05) is 26.4 Å². The monoisotopic (exact) mass is 414 g/mol. The lowest BCUT2D eigenvalue weighted by atomic mass is 10.1. The molecule has 30 heavy (non-hydrogen) atoms. The van der Waals surface area contributed by atoms with Gasteiger partial charge in [0.05, 0.1) is 6.73 Å². The molecule has 3 N–H and O–H groups in total. The molecule has 0 saturated heterocycles. The first-order chi connectivity index (χ1) is 14.5. The molecular weight excluding hydrogens is 380 g/mol. The number of unbranched alkanes of at least 4 members (excludes halogenated alkanes) is 2. The van der Waals surface area contributed by atoms with E-state index in [0.717, 1.165) is 38.0 Å². The molecule has 0 bridgehead atoms. The summed E-state index contributed by atoms with van der Waals surface area (Å²) in [4.78, 5) is 15.0. The van der Waals surface area contributed by atoms with Gasteiger partial charge in [-0.05, 0) is 43.5 Å². The van der Waals surface area contributed by atoms with Gasteiger partial charge in [0, 0.05) is 38.2 Å². The lowest BCUT2D eigenvalue weighted by Gasteiger charge is -2.27. The van der Waals surface area contributed by atoms with Gasteiger partial charge in [0.15, 0.2) is 0 Å². The van der Waals surface area contributed by atoms with Crippen LogP contribution in [0.1, 0.15) is 42.4 Å². The zero-order valence-electron chi connectivity index (χ0n) is 17.8. The van der Waals surface area contributed by atoms with Gasteiger partial charge in [0.1, 0.15) is 5.75 Å². The zero-order valence-corrected chi connectivity index (χ0v) is 17.8. The summed E-state index contributed by atoms with van der Waals surface area (Å²) in [7, 11) is 0. The number of aliphatic hydroxyl groups is 1. The van der Waals surface area contributed by atoms with Crippen molar-refractivity contribution in [2.45, 2.75) is 45.7 Å². The molecular formula is C24H34N2O4. The van der Waals surface area contributed by atoms with Crippen molar-refractivity contribution < 1.29 is 20.1 Å². The number of aliphatic hydroxyl groups excluding tert-OH is 1. The number of carbonyl (C=O) groups is 1. The molecule has 0 aliphatic rings. The first-order valence-electron chi connectivity index (χ1n) is 10.6. The average Bonchev–Trinajstić information content (AvgIpc) is 2.73. The number of phenols is 1. The highest BCUT2D eigenvalue weighted by molar-refractivity contribution is 5.66. The Morgan fingerprint density at radius 2 is 1.47 bits per heavy atom. The lowest BCUT2D eigenvalue weighted by molar-refractivity contribution is -0.137. The third-order valence-electron chi connectivity index (χ3n) is 5.34. The van der Waals surface area contributed by atoms with Crippen molar-refractivity contribution in [3.63, 3.8) is 0 Å². The first kappa shape index (κ1) is 23.9. The summed E-state index contributed by atoms with van der Waals surface area (Å²) in [5.41, 5.74) is 3.33. The van der Waals surface area contributed by atoms with Gasteiger partial charge in [-0.25, -0.2) is 0 Å². The Hall–Kier alpha value is -2.41. The highest BCUT2D eigenvalue weighted by Gasteiger charge is 2.12. The number of rotatable bonds is 14. The van der Waals surface area contributed by atoms with E-state index in [0.29, 0.717) is 19.5 Å². The van der Waals surface area contributed by atoms with Crippen LogP contribution >= 0.6 is 0 Å². The Kier molecular flexibility index (Phi) is 10.3. The molecule has 0 radical (unpaired) electrons. The van der Waals surface area contributed by atoms with Gasteiger partial charge in [0.2, 0.25) is 0 Å². The Morgan fingerprint density at radius 3 is 2.13 bits per heavy atom. The van der Waals surface area contributed by atoms with Gasteiger partial charge >= 0.3 is 5.97 Å². The summed E-state index contributed by atoms with van der Waals surface area (Å²) in [6.45, 7) is 5.67. The van der Waals surface area contributed by atoms with Crippen molar-refractivity contribution >= 4 is 5.97 Å². The van der Waals surface area contributed by atoms with E-state index in [1.807, 2.05) is 29.2 Å². The summed E-state index contributed by atoms with van der Waals surface area (Å²) in [5.74, 6) is -0.499. The third kappa shape index (κ3) is 8.53. The molecule has 0 fully saturated rings. The van der Waals surface area contributed by atoms with Crippen LogP contribution < -0.4 is 0 Å². The quantitative estimate of drug-likeness (QED) is 0.324. The fourth-order valence-corrected chi connectivity index (χ4v) is 3.45. The van der Waals surface area contributed by atoms with Gasteiger partial charge in [-0.1, -0.05) is 48.9 Å². The van der Waals surface area contributed by atoms with E-state index in [1.165, 1.54) is 11.1 Å². The van der Waals surface area contributed by atoms with E-state index in [2.05, 4.69) is 24.0 Å². The number of hydrogen-bond acceptors (Lipinski definition) is 5. The summed E-state index contributed by atoms with van der Waals surface area (Å²) in [6.07, 6.45) is 2.75. The van der Waals surface area contributed by atoms with E-state index in [-0.39, 0.29) is 18.9 Å². The van der Waals surface area contributed by atoms with Crippen molar-refractivity contribution in [1.82, 2.24) is 9.80 Å². The van der Waals surface area contributed by atoms with Crippen molar-refractivity contribution in [3.05, 3.63) is 65.2 Å². The molecule has 2 aromatic carbocycles. The van der Waals surface area contributed by atoms with Crippen LogP contribution in [-0.4, -0.2) is 57.5 Å². The number of benzene rings is 2. The van der Waals surface area contributed by atoms with Crippen molar-refractivity contribution in [3.8, 4) is 5.75 Å². The van der Waals surface area contributed by atoms with Crippen LogP contribution in [0.3, 0.4) is 0 Å². The predicted molar refractivity (Wildman–Crippen MR) is 118 cm³/mol. The molecule has 0 saturated carbocycles. The van der Waals surface area contributed by atoms with E-state index in [4.69, 9.17) is 5.11 Å². The Labute approximate surface area is 179 Å². The zero-order chi connectivity index (χ0) is 21.8. The number of para-hydroxylation sites is 1. The molecule has 6 heteroatoms. The van der Waals surface area contributed by atoms with Gasteiger partial charge in [0.25, 0.3) is 0 Å². The molecule has 0 heterocycles. The van der Waals surface area contributed by atoms with E-state index >= 15 is 0 Å². The predicted octanol–water partition coefficient (Wildman–Crippen LogP) is 3.60. The maximum Gasteiger partial charge on any atom is 0.303 e. The van der Waals surface area contributed by atoms with Crippen LogP contribution in [0.4, 0.5) is 0 Å². The van der Waals surface area contributed by atoms with E-state index in [9.17, 15) is 15.0 Å². The number of aromatic hydroxyl groups is 1. The van der Waals surface area contributed by atoms with Crippen LogP contribution in [0.25, 0.3) is 0 Å². The molecule has 0 atom stereocenters. The van der Waals surface area contributed by atoms with Gasteiger partial charge in [-0.2, -0.15) is 0 Å². The highest BCUT2D eigenvalue weighted by Crippen LogP contribution is 2.18. The standard InChI is InChI=1S/C24H34N2O4/c1-20-9-4-5-10-21(20)17-25(14-8-2-3-13-24(29)30)15-16-26(19-27)18-22-11-6-7-12-23(22)28/h4-7,9-12,27-28H,2-3,8,13-19H2,1H3,(H,29,30). The van der Waals surface area contributed by atoms with E-state index in [1.54, 1.807) is 12.1 Å². The minimum Gasteiger partial charge on any atom is -0.508 e. The maximum absolute atomic E-state index is 10.7. The first-order valence-corrected chi connectivity index (χ1v) is 10.6. The summed E-state index contributed by atoms with van der Waals surface area (Å²) in [6, 6.07) is 15.5. The van der Waals surface area contributed by atoms with Crippen molar-refractivity contribution in [1.29, 1.82) is 0 Å². The topological polar surface area (TPSA) is 84.2 Å². The Morgan fingerprint density at radius 1 is 0.833 bits per heavy atom. The minimum atomic E-state index is -0.741. The Balaban J connectivity index is 1.93. The largest absolute Gasteiger partial charge is 0.508 e. The normalized spacial score (nSPS) is 11.3. The van der Waals surface area contributed by atoms with Crippen LogP contribution in [0, 0.1) is 6.92 Å². The fraction of sp³-hybridized carbons (Fsp3) is 0.458. The van der Waals surface area contributed by atoms with Gasteiger partial charge < -0.3 is 15.3 Å². The third-order valence-corrected chi connectivity index (χ3v) is 5.34. The molecule has 0 aliphatic carbocycles. The molecule has 2 aromatic rings.